The average molecular weight is 545 g/mol. The third-order valence-electron chi connectivity index (χ3n) is 5.26. The molecule has 188 valence electrons. The fraction of sp³-hybridized carbons (Fsp3) is 0.250. The molecule has 0 radical (unpaired) electrons. The Morgan fingerprint density at radius 1 is 1.14 bits per heavy atom. The summed E-state index contributed by atoms with van der Waals surface area (Å²) in [5, 5.41) is 19.3. The highest BCUT2D eigenvalue weighted by Gasteiger charge is 2.20. The zero-order valence-corrected chi connectivity index (χ0v) is 21.8. The van der Waals surface area contributed by atoms with Crippen LogP contribution in [0.3, 0.4) is 0 Å². The lowest BCUT2D eigenvalue weighted by Crippen LogP contribution is -2.41. The molecule has 1 aromatic heterocycles. The van der Waals surface area contributed by atoms with Crippen LogP contribution in [-0.2, 0) is 9.53 Å². The Hall–Kier alpha value is -2.96. The summed E-state index contributed by atoms with van der Waals surface area (Å²) in [6.07, 6.45) is 1.89. The molecule has 4 N–H and O–H groups in total. The summed E-state index contributed by atoms with van der Waals surface area (Å²) in [6.45, 7) is 1.53. The molecule has 3 aromatic rings. The number of thiocarbonyl (C=S) groups is 1. The van der Waals surface area contributed by atoms with Crippen molar-refractivity contribution in [2.24, 2.45) is 0 Å². The lowest BCUT2D eigenvalue weighted by atomic mass is 10.2. The van der Waals surface area contributed by atoms with E-state index in [4.69, 9.17) is 33.7 Å². The first-order valence-corrected chi connectivity index (χ1v) is 13.1. The Morgan fingerprint density at radius 2 is 1.81 bits per heavy atom. The number of aliphatic hydroxyl groups excluding tert-OH is 1. The van der Waals surface area contributed by atoms with Gasteiger partial charge in [0, 0.05) is 35.7 Å². The molecule has 1 aliphatic heterocycles. The second-order valence-corrected chi connectivity index (χ2v) is 9.25. The van der Waals surface area contributed by atoms with Gasteiger partial charge >= 0.3 is 0 Å². The highest BCUT2D eigenvalue weighted by molar-refractivity contribution is 7.98. The Bertz CT molecular complexity index is 1230. The van der Waals surface area contributed by atoms with E-state index in [0.717, 1.165) is 27.5 Å². The van der Waals surface area contributed by atoms with Crippen molar-refractivity contribution in [3.63, 3.8) is 0 Å². The van der Waals surface area contributed by atoms with Crippen LogP contribution < -0.4 is 20.9 Å². The van der Waals surface area contributed by atoms with Crippen molar-refractivity contribution in [3.05, 3.63) is 53.7 Å². The maximum absolute atomic E-state index is 12.0. The minimum atomic E-state index is -0.0480. The van der Waals surface area contributed by atoms with Crippen molar-refractivity contribution in [3.8, 4) is 11.4 Å². The first-order chi connectivity index (χ1) is 17.5. The number of carbonyl (C=O) groups is 1. The number of nitrogens with zero attached hydrogens (tertiary/aromatic N) is 3. The van der Waals surface area contributed by atoms with E-state index in [-0.39, 0.29) is 19.1 Å². The molecule has 0 saturated carbocycles. The molecule has 2 heterocycles. The maximum Gasteiger partial charge on any atom is 0.253 e. The molecule has 36 heavy (non-hydrogen) atoms. The van der Waals surface area contributed by atoms with Gasteiger partial charge in [-0.25, -0.2) is 9.97 Å². The Balaban J connectivity index is 1.39. The van der Waals surface area contributed by atoms with Crippen molar-refractivity contribution in [1.29, 1.82) is 0 Å². The number of hydrogen-bond donors (Lipinski definition) is 4. The number of morpholine rings is 1. The van der Waals surface area contributed by atoms with Gasteiger partial charge in [-0.1, -0.05) is 11.6 Å². The summed E-state index contributed by atoms with van der Waals surface area (Å²) < 4.78 is 5.18. The number of amides is 1. The van der Waals surface area contributed by atoms with Gasteiger partial charge in [0.15, 0.2) is 10.9 Å². The highest BCUT2D eigenvalue weighted by Crippen LogP contribution is 2.32. The van der Waals surface area contributed by atoms with Crippen LogP contribution in [0.4, 0.5) is 22.9 Å². The van der Waals surface area contributed by atoms with E-state index >= 15 is 0 Å². The van der Waals surface area contributed by atoms with E-state index in [1.54, 1.807) is 4.90 Å². The number of aliphatic hydroxyl groups is 1. The fourth-order valence-corrected chi connectivity index (χ4v) is 4.70. The monoisotopic (exact) mass is 544 g/mol. The van der Waals surface area contributed by atoms with E-state index in [0.29, 0.717) is 41.6 Å². The van der Waals surface area contributed by atoms with Crippen LogP contribution in [0, 0.1) is 0 Å². The van der Waals surface area contributed by atoms with Gasteiger partial charge in [0.25, 0.3) is 5.91 Å². The van der Waals surface area contributed by atoms with E-state index < -0.39 is 0 Å². The SMILES string of the molecule is CSc1c(Cl)nc(-c2ccc(NC(=S)Nc3ccc(N4CCOCC4=O)cc3)cc2)nc1NCCO. The molecule has 9 nitrogen and oxygen atoms in total. The number of anilines is 4. The third-order valence-corrected chi connectivity index (χ3v) is 6.64. The number of aromatic nitrogens is 2. The van der Waals surface area contributed by atoms with Crippen LogP contribution in [0.15, 0.2) is 53.4 Å². The summed E-state index contributed by atoms with van der Waals surface area (Å²) in [6, 6.07) is 15.0. The lowest BCUT2D eigenvalue weighted by Gasteiger charge is -2.27. The van der Waals surface area contributed by atoms with Crippen LogP contribution in [0.2, 0.25) is 5.15 Å². The van der Waals surface area contributed by atoms with Gasteiger partial charge in [-0.15, -0.1) is 11.8 Å². The average Bonchev–Trinajstić information content (AvgIpc) is 2.88. The molecule has 1 saturated heterocycles. The van der Waals surface area contributed by atoms with E-state index in [2.05, 4.69) is 25.9 Å². The van der Waals surface area contributed by atoms with Crippen molar-refractivity contribution in [2.75, 3.05) is 60.0 Å². The third kappa shape index (κ3) is 6.42. The first kappa shape index (κ1) is 26.1. The minimum absolute atomic E-state index is 0.0171. The van der Waals surface area contributed by atoms with E-state index in [9.17, 15) is 4.79 Å². The molecular formula is C24H25ClN6O3S2. The predicted molar refractivity (Wildman–Crippen MR) is 149 cm³/mol. The van der Waals surface area contributed by atoms with E-state index in [1.807, 2.05) is 54.8 Å². The maximum atomic E-state index is 12.0. The van der Waals surface area contributed by atoms with Gasteiger partial charge in [0.1, 0.15) is 17.6 Å². The number of hydrogen-bond acceptors (Lipinski definition) is 8. The molecule has 0 aliphatic carbocycles. The molecule has 4 rings (SSSR count). The zero-order valence-electron chi connectivity index (χ0n) is 19.5. The predicted octanol–water partition coefficient (Wildman–Crippen LogP) is 4.10. The molecule has 0 atom stereocenters. The molecule has 1 amide bonds. The van der Waals surface area contributed by atoms with Gasteiger partial charge in [-0.2, -0.15) is 0 Å². The number of nitrogens with one attached hydrogen (secondary N) is 3. The topological polar surface area (TPSA) is 112 Å². The van der Waals surface area contributed by atoms with Crippen LogP contribution in [-0.4, -0.2) is 65.3 Å². The summed E-state index contributed by atoms with van der Waals surface area (Å²) >= 11 is 13.3. The number of rotatable bonds is 8. The lowest BCUT2D eigenvalue weighted by molar-refractivity contribution is -0.125. The van der Waals surface area contributed by atoms with Crippen LogP contribution >= 0.6 is 35.6 Å². The Morgan fingerprint density at radius 3 is 2.42 bits per heavy atom. The number of carbonyl (C=O) groups excluding carboxylic acids is 1. The second-order valence-electron chi connectivity index (χ2n) is 7.67. The summed E-state index contributed by atoms with van der Waals surface area (Å²) in [5.41, 5.74) is 3.20. The molecule has 1 aliphatic rings. The van der Waals surface area contributed by atoms with E-state index in [1.165, 1.54) is 11.8 Å². The molecule has 2 aromatic carbocycles. The number of thioether (sulfide) groups is 1. The summed E-state index contributed by atoms with van der Waals surface area (Å²) in [7, 11) is 0. The Labute approximate surface area is 223 Å². The minimum Gasteiger partial charge on any atom is -0.395 e. The molecule has 0 spiro atoms. The van der Waals surface area contributed by atoms with Crippen LogP contribution in [0.5, 0.6) is 0 Å². The summed E-state index contributed by atoms with van der Waals surface area (Å²) in [4.78, 5) is 23.4. The molecule has 0 bridgehead atoms. The van der Waals surface area contributed by atoms with Gasteiger partial charge in [0.2, 0.25) is 0 Å². The molecular weight excluding hydrogens is 520 g/mol. The normalized spacial score (nSPS) is 13.4. The first-order valence-electron chi connectivity index (χ1n) is 11.1. The summed E-state index contributed by atoms with van der Waals surface area (Å²) in [5.74, 6) is 1.01. The molecule has 0 unspecified atom stereocenters. The number of benzene rings is 2. The number of ether oxygens (including phenoxy) is 1. The largest absolute Gasteiger partial charge is 0.395 e. The zero-order chi connectivity index (χ0) is 25.5. The highest BCUT2D eigenvalue weighted by atomic mass is 35.5. The van der Waals surface area contributed by atoms with Crippen molar-refractivity contribution in [1.82, 2.24) is 9.97 Å². The van der Waals surface area contributed by atoms with Gasteiger partial charge < -0.3 is 30.7 Å². The Kier molecular flexibility index (Phi) is 8.94. The quantitative estimate of drug-likeness (QED) is 0.188. The standard InChI is InChI=1S/C24H25ClN6O3S2/c1-36-20-21(25)29-22(30-23(20)26-10-12-32)15-2-4-16(5-3-15)27-24(35)28-17-6-8-18(9-7-17)31-11-13-34-14-19(31)33/h2-9,32H,10-14H2,1H3,(H,26,29,30)(H2,27,28,35). The van der Waals surface area contributed by atoms with Gasteiger partial charge in [0.05, 0.1) is 18.1 Å². The fourth-order valence-electron chi connectivity index (χ4n) is 3.54. The van der Waals surface area contributed by atoms with Crippen molar-refractivity contribution in [2.45, 2.75) is 4.90 Å². The molecule has 1 fully saturated rings. The smallest absolute Gasteiger partial charge is 0.253 e. The van der Waals surface area contributed by atoms with Crippen LogP contribution in [0.25, 0.3) is 11.4 Å². The van der Waals surface area contributed by atoms with Gasteiger partial charge in [-0.3, -0.25) is 4.79 Å². The number of halogens is 1. The second kappa shape index (κ2) is 12.3. The van der Waals surface area contributed by atoms with Gasteiger partial charge in [-0.05, 0) is 67.0 Å². The molecule has 12 heteroatoms. The van der Waals surface area contributed by atoms with Crippen molar-refractivity contribution < 1.29 is 14.6 Å². The van der Waals surface area contributed by atoms with Crippen LogP contribution in [0.1, 0.15) is 0 Å². The van der Waals surface area contributed by atoms with Crippen molar-refractivity contribution >= 4 is 69.5 Å².